The van der Waals surface area contributed by atoms with Crippen molar-refractivity contribution in [3.05, 3.63) is 59.2 Å². The molecule has 1 aromatic heterocycles. The highest BCUT2D eigenvalue weighted by atomic mass is 19.1. The zero-order valence-electron chi connectivity index (χ0n) is 19.1. The summed E-state index contributed by atoms with van der Waals surface area (Å²) in [6.07, 6.45) is 1.95. The van der Waals surface area contributed by atoms with Crippen LogP contribution >= 0.6 is 0 Å². The van der Waals surface area contributed by atoms with Gasteiger partial charge in [0.15, 0.2) is 11.6 Å². The number of hydrogen-bond donors (Lipinski definition) is 1. The number of halogens is 3. The van der Waals surface area contributed by atoms with Crippen molar-refractivity contribution in [2.45, 2.75) is 25.0 Å². The van der Waals surface area contributed by atoms with Crippen LogP contribution in [0.2, 0.25) is 0 Å². The predicted molar refractivity (Wildman–Crippen MR) is 119 cm³/mol. The van der Waals surface area contributed by atoms with Gasteiger partial charge in [-0.15, -0.1) is 0 Å². The zero-order valence-corrected chi connectivity index (χ0v) is 19.1. The first-order valence-electron chi connectivity index (χ1n) is 11.4. The van der Waals surface area contributed by atoms with Crippen LogP contribution in [-0.2, 0) is 16.1 Å². The molecule has 0 spiro atoms. The molecule has 184 valence electrons. The number of benzene rings is 1. The minimum Gasteiger partial charge on any atom is -0.485 e. The zero-order chi connectivity index (χ0) is 24.1. The van der Waals surface area contributed by atoms with Gasteiger partial charge in [-0.1, -0.05) is 0 Å². The molecule has 2 heterocycles. The molecule has 2 atom stereocenters. The number of carbonyl (C=O) groups excluding carboxylic acids is 1. The Morgan fingerprint density at radius 2 is 1.97 bits per heavy atom. The van der Waals surface area contributed by atoms with Crippen molar-refractivity contribution in [2.24, 2.45) is 0 Å². The molecule has 10 heteroatoms. The van der Waals surface area contributed by atoms with E-state index in [4.69, 9.17) is 9.47 Å². The summed E-state index contributed by atoms with van der Waals surface area (Å²) in [6.45, 7) is 4.64. The van der Waals surface area contributed by atoms with Gasteiger partial charge >= 0.3 is 0 Å². The Kier molecular flexibility index (Phi) is 8.02. The van der Waals surface area contributed by atoms with E-state index in [1.807, 2.05) is 4.90 Å². The Labute approximate surface area is 196 Å². The highest BCUT2D eigenvalue weighted by molar-refractivity contribution is 5.78. The molecule has 1 aromatic carbocycles. The van der Waals surface area contributed by atoms with Gasteiger partial charge in [-0.3, -0.25) is 9.69 Å². The number of carbonyl (C=O) groups is 1. The van der Waals surface area contributed by atoms with Crippen LogP contribution in [0.25, 0.3) is 0 Å². The van der Waals surface area contributed by atoms with Crippen LogP contribution < -0.4 is 10.1 Å². The van der Waals surface area contributed by atoms with Crippen molar-refractivity contribution in [2.75, 3.05) is 53.0 Å². The van der Waals surface area contributed by atoms with E-state index >= 15 is 0 Å². The van der Waals surface area contributed by atoms with E-state index < -0.39 is 17.6 Å². The number of aromatic nitrogens is 1. The molecular formula is C24H29F3N4O3. The van der Waals surface area contributed by atoms with Gasteiger partial charge in [0.25, 0.3) is 0 Å². The molecule has 4 rings (SSSR count). The summed E-state index contributed by atoms with van der Waals surface area (Å²) >= 11 is 0. The molecular weight excluding hydrogens is 449 g/mol. The van der Waals surface area contributed by atoms with Crippen molar-refractivity contribution in [3.8, 4) is 5.75 Å². The number of amides is 1. The summed E-state index contributed by atoms with van der Waals surface area (Å²) in [5.41, 5.74) is 0.985. The fraction of sp³-hybridized carbons (Fsp3) is 0.500. The van der Waals surface area contributed by atoms with Gasteiger partial charge in [-0.25, -0.2) is 13.8 Å². The van der Waals surface area contributed by atoms with Crippen LogP contribution in [0.4, 0.5) is 13.2 Å². The minimum absolute atomic E-state index is 0.0164. The number of pyridine rings is 1. The van der Waals surface area contributed by atoms with Crippen molar-refractivity contribution in [1.82, 2.24) is 20.1 Å². The lowest BCUT2D eigenvalue weighted by atomic mass is 10.1. The average Bonchev–Trinajstić information content (AvgIpc) is 3.61. The first-order valence-corrected chi connectivity index (χ1v) is 11.4. The van der Waals surface area contributed by atoms with Crippen molar-refractivity contribution in [3.63, 3.8) is 0 Å². The van der Waals surface area contributed by atoms with Crippen LogP contribution in [0.5, 0.6) is 5.75 Å². The Morgan fingerprint density at radius 1 is 1.18 bits per heavy atom. The molecule has 1 amide bonds. The van der Waals surface area contributed by atoms with Gasteiger partial charge in [0.2, 0.25) is 11.9 Å². The van der Waals surface area contributed by atoms with Gasteiger partial charge in [0.05, 0.1) is 13.2 Å². The average molecular weight is 479 g/mol. The van der Waals surface area contributed by atoms with Crippen LogP contribution in [0.15, 0.2) is 30.5 Å². The lowest BCUT2D eigenvalue weighted by molar-refractivity contribution is -0.132. The highest BCUT2D eigenvalue weighted by Crippen LogP contribution is 2.46. The molecule has 1 saturated heterocycles. The molecule has 34 heavy (non-hydrogen) atoms. The van der Waals surface area contributed by atoms with Crippen LogP contribution in [0.3, 0.4) is 0 Å². The molecule has 1 aliphatic carbocycles. The molecule has 2 unspecified atom stereocenters. The lowest BCUT2D eigenvalue weighted by Gasteiger charge is -2.34. The maximum Gasteiger partial charge on any atom is 0.236 e. The van der Waals surface area contributed by atoms with E-state index in [1.165, 1.54) is 24.4 Å². The summed E-state index contributed by atoms with van der Waals surface area (Å²) in [4.78, 5) is 20.2. The van der Waals surface area contributed by atoms with E-state index in [2.05, 4.69) is 15.2 Å². The quantitative estimate of drug-likeness (QED) is 0.529. The molecule has 0 radical (unpaired) electrons. The molecule has 7 nitrogen and oxygen atoms in total. The molecule has 2 aromatic rings. The Bertz CT molecular complexity index is 984. The van der Waals surface area contributed by atoms with E-state index in [1.54, 1.807) is 7.11 Å². The standard InChI is InChI=1S/C24H29F3N4O3/c1-33-9-8-30-4-6-31(7-5-30)23(32)14-28-21-12-18(21)19-10-17(25)11-20(26)24(19)34-15-16-2-3-22(27)29-13-16/h2-3,10-11,13,18,21,28H,4-9,12,14-15H2,1H3. The minimum atomic E-state index is -0.793. The molecule has 1 aliphatic heterocycles. The third kappa shape index (κ3) is 6.25. The fourth-order valence-corrected chi connectivity index (χ4v) is 4.19. The number of nitrogens with one attached hydrogen (secondary N) is 1. The smallest absolute Gasteiger partial charge is 0.236 e. The molecule has 1 N–H and O–H groups in total. The predicted octanol–water partition coefficient (Wildman–Crippen LogP) is 2.31. The third-order valence-corrected chi connectivity index (χ3v) is 6.25. The number of methoxy groups -OCH3 is 1. The Balaban J connectivity index is 1.30. The number of ether oxygens (including phenoxy) is 2. The highest BCUT2D eigenvalue weighted by Gasteiger charge is 2.41. The molecule has 1 saturated carbocycles. The largest absolute Gasteiger partial charge is 0.485 e. The van der Waals surface area contributed by atoms with Crippen molar-refractivity contribution < 1.29 is 27.4 Å². The monoisotopic (exact) mass is 478 g/mol. The maximum absolute atomic E-state index is 14.5. The topological polar surface area (TPSA) is 66.9 Å². The van der Waals surface area contributed by atoms with E-state index in [0.717, 1.165) is 25.7 Å². The molecule has 0 bridgehead atoms. The van der Waals surface area contributed by atoms with Gasteiger partial charge in [-0.2, -0.15) is 4.39 Å². The second-order valence-electron chi connectivity index (χ2n) is 8.63. The SMILES string of the molecule is COCCN1CCN(C(=O)CNC2CC2c2cc(F)cc(F)c2OCc2ccc(F)nc2)CC1. The normalized spacial score (nSPS) is 20.4. The number of nitrogens with zero attached hydrogens (tertiary/aromatic N) is 3. The fourth-order valence-electron chi connectivity index (χ4n) is 4.19. The summed E-state index contributed by atoms with van der Waals surface area (Å²) < 4.78 is 52.2. The second-order valence-corrected chi connectivity index (χ2v) is 8.63. The number of hydrogen-bond acceptors (Lipinski definition) is 6. The van der Waals surface area contributed by atoms with E-state index in [-0.39, 0.29) is 36.8 Å². The van der Waals surface area contributed by atoms with Crippen molar-refractivity contribution >= 4 is 5.91 Å². The van der Waals surface area contributed by atoms with E-state index in [0.29, 0.717) is 37.2 Å². The van der Waals surface area contributed by atoms with Gasteiger partial charge in [-0.05, 0) is 24.6 Å². The number of rotatable bonds is 10. The van der Waals surface area contributed by atoms with Gasteiger partial charge in [0.1, 0.15) is 12.4 Å². The van der Waals surface area contributed by atoms with Gasteiger partial charge < -0.3 is 19.7 Å². The Hall–Kier alpha value is -2.69. The van der Waals surface area contributed by atoms with Crippen LogP contribution in [-0.4, -0.2) is 79.7 Å². The first kappa shape index (κ1) is 24.4. The van der Waals surface area contributed by atoms with Gasteiger partial charge in [0, 0.05) is 75.2 Å². The lowest BCUT2D eigenvalue weighted by Crippen LogP contribution is -2.51. The maximum atomic E-state index is 14.5. The first-order chi connectivity index (χ1) is 16.4. The summed E-state index contributed by atoms with van der Waals surface area (Å²) in [5, 5.41) is 3.22. The number of piperazine rings is 1. The van der Waals surface area contributed by atoms with E-state index in [9.17, 15) is 18.0 Å². The Morgan fingerprint density at radius 3 is 2.68 bits per heavy atom. The van der Waals surface area contributed by atoms with Crippen molar-refractivity contribution in [1.29, 1.82) is 0 Å². The summed E-state index contributed by atoms with van der Waals surface area (Å²) in [7, 11) is 1.67. The summed E-state index contributed by atoms with van der Waals surface area (Å²) in [5.74, 6) is -2.27. The second kappa shape index (κ2) is 11.2. The van der Waals surface area contributed by atoms with Crippen LogP contribution in [0, 0.1) is 17.6 Å². The van der Waals surface area contributed by atoms with Crippen LogP contribution in [0.1, 0.15) is 23.5 Å². The third-order valence-electron chi connectivity index (χ3n) is 6.25. The molecule has 2 fully saturated rings. The summed E-state index contributed by atoms with van der Waals surface area (Å²) in [6, 6.07) is 4.67. The molecule has 2 aliphatic rings.